The van der Waals surface area contributed by atoms with Gasteiger partial charge in [0.1, 0.15) is 12.1 Å². The number of hydrogen-bond acceptors (Lipinski definition) is 7. The molecule has 1 atom stereocenters. The van der Waals surface area contributed by atoms with Gasteiger partial charge in [-0.2, -0.15) is 4.98 Å². The summed E-state index contributed by atoms with van der Waals surface area (Å²) in [5.41, 5.74) is 2.33. The van der Waals surface area contributed by atoms with Gasteiger partial charge < -0.3 is 15.5 Å². The summed E-state index contributed by atoms with van der Waals surface area (Å²) in [7, 11) is 0. The Morgan fingerprint density at radius 1 is 1.30 bits per heavy atom. The molecule has 2 aliphatic rings. The first-order valence-electron chi connectivity index (χ1n) is 8.21. The number of anilines is 2. The zero-order chi connectivity index (χ0) is 15.5. The summed E-state index contributed by atoms with van der Waals surface area (Å²) in [4.78, 5) is 19.8. The molecule has 0 bridgehead atoms. The second-order valence-electron chi connectivity index (χ2n) is 6.09. The van der Waals surface area contributed by atoms with Crippen molar-refractivity contribution in [3.8, 4) is 0 Å². The molecule has 2 aliphatic heterocycles. The average molecular weight is 311 g/mol. The van der Waals surface area contributed by atoms with Gasteiger partial charge in [-0.1, -0.05) is 0 Å². The fourth-order valence-corrected chi connectivity index (χ4v) is 3.21. The number of aromatic nitrogens is 4. The van der Waals surface area contributed by atoms with Gasteiger partial charge in [-0.15, -0.1) is 0 Å². The summed E-state index contributed by atoms with van der Waals surface area (Å²) in [6.45, 7) is 3.80. The van der Waals surface area contributed by atoms with Gasteiger partial charge >= 0.3 is 0 Å². The Kier molecular flexibility index (Phi) is 4.02. The van der Waals surface area contributed by atoms with E-state index >= 15 is 0 Å². The smallest absolute Gasteiger partial charge is 0.224 e. The van der Waals surface area contributed by atoms with Gasteiger partial charge in [-0.05, 0) is 25.5 Å². The van der Waals surface area contributed by atoms with Gasteiger partial charge in [-0.25, -0.2) is 15.0 Å². The molecule has 2 N–H and O–H groups in total. The number of rotatable bonds is 3. The predicted molar refractivity (Wildman–Crippen MR) is 88.3 cm³/mol. The van der Waals surface area contributed by atoms with Crippen LogP contribution in [-0.4, -0.2) is 45.6 Å². The van der Waals surface area contributed by atoms with Crippen LogP contribution in [0.5, 0.6) is 0 Å². The molecule has 7 heteroatoms. The predicted octanol–water partition coefficient (Wildman–Crippen LogP) is 0.993. The van der Waals surface area contributed by atoms with E-state index in [0.29, 0.717) is 12.0 Å². The summed E-state index contributed by atoms with van der Waals surface area (Å²) >= 11 is 0. The van der Waals surface area contributed by atoms with Gasteiger partial charge in [-0.3, -0.25) is 0 Å². The van der Waals surface area contributed by atoms with Crippen LogP contribution in [0.25, 0.3) is 0 Å². The first-order valence-corrected chi connectivity index (χ1v) is 8.21. The lowest BCUT2D eigenvalue weighted by Crippen LogP contribution is -2.39. The zero-order valence-electron chi connectivity index (χ0n) is 13.1. The van der Waals surface area contributed by atoms with Gasteiger partial charge in [0.15, 0.2) is 0 Å². The molecular weight excluding hydrogens is 290 g/mol. The van der Waals surface area contributed by atoms with E-state index in [4.69, 9.17) is 4.98 Å². The minimum Gasteiger partial charge on any atom is -0.352 e. The molecule has 0 amide bonds. The van der Waals surface area contributed by atoms with Crippen molar-refractivity contribution in [1.82, 2.24) is 25.3 Å². The van der Waals surface area contributed by atoms with Gasteiger partial charge in [0.2, 0.25) is 5.95 Å². The van der Waals surface area contributed by atoms with Gasteiger partial charge in [0, 0.05) is 50.1 Å². The maximum atomic E-state index is 4.70. The number of fused-ring (bicyclic) bond motifs is 1. The Morgan fingerprint density at radius 2 is 2.30 bits per heavy atom. The molecule has 0 radical (unpaired) electrons. The maximum Gasteiger partial charge on any atom is 0.224 e. The largest absolute Gasteiger partial charge is 0.352 e. The van der Waals surface area contributed by atoms with E-state index in [1.807, 2.05) is 18.5 Å². The summed E-state index contributed by atoms with van der Waals surface area (Å²) < 4.78 is 0. The molecule has 120 valence electrons. The summed E-state index contributed by atoms with van der Waals surface area (Å²) in [5, 5.41) is 6.85. The number of piperidine rings is 1. The summed E-state index contributed by atoms with van der Waals surface area (Å²) in [5.74, 6) is 1.67. The fraction of sp³-hybridized carbons (Fsp3) is 0.500. The number of nitrogens with zero attached hydrogens (tertiary/aromatic N) is 5. The third-order valence-corrected chi connectivity index (χ3v) is 4.46. The minimum atomic E-state index is 0.412. The highest BCUT2D eigenvalue weighted by Gasteiger charge is 2.19. The molecule has 1 unspecified atom stereocenters. The van der Waals surface area contributed by atoms with Crippen molar-refractivity contribution < 1.29 is 0 Å². The van der Waals surface area contributed by atoms with Crippen LogP contribution in [0, 0.1) is 0 Å². The molecule has 0 spiro atoms. The molecule has 4 heterocycles. The van der Waals surface area contributed by atoms with Crippen molar-refractivity contribution in [2.75, 3.05) is 29.9 Å². The van der Waals surface area contributed by atoms with Crippen LogP contribution in [0.4, 0.5) is 11.8 Å². The van der Waals surface area contributed by atoms with Crippen LogP contribution >= 0.6 is 0 Å². The van der Waals surface area contributed by atoms with Gasteiger partial charge in [0.25, 0.3) is 0 Å². The second-order valence-corrected chi connectivity index (χ2v) is 6.09. The zero-order valence-corrected chi connectivity index (χ0v) is 13.1. The van der Waals surface area contributed by atoms with Crippen LogP contribution < -0.4 is 15.5 Å². The average Bonchev–Trinajstić information content (AvgIpc) is 2.62. The first-order chi connectivity index (χ1) is 11.4. The molecule has 2 aromatic heterocycles. The first kappa shape index (κ1) is 14.3. The monoisotopic (exact) mass is 311 g/mol. The highest BCUT2D eigenvalue weighted by Crippen LogP contribution is 2.22. The van der Waals surface area contributed by atoms with E-state index in [9.17, 15) is 0 Å². The van der Waals surface area contributed by atoms with E-state index in [-0.39, 0.29) is 0 Å². The highest BCUT2D eigenvalue weighted by atomic mass is 15.2. The molecule has 0 aromatic carbocycles. The molecule has 0 aliphatic carbocycles. The van der Waals surface area contributed by atoms with E-state index in [0.717, 1.165) is 50.5 Å². The Bertz CT molecular complexity index is 669. The van der Waals surface area contributed by atoms with Crippen molar-refractivity contribution in [3.05, 3.63) is 36.0 Å². The molecule has 7 nitrogen and oxygen atoms in total. The third-order valence-electron chi connectivity index (χ3n) is 4.46. The standard InChI is InChI=1S/C16H21N7/c1-2-13(9-17-5-1)21-16-19-6-3-15(22-16)23-7-4-14-12(10-23)8-18-11-20-14/h3,6,8,11,13,17H,1-2,4-5,7,9-10H2,(H,19,21,22). The van der Waals surface area contributed by atoms with Crippen LogP contribution in [0.1, 0.15) is 24.1 Å². The molecule has 1 saturated heterocycles. The fourth-order valence-electron chi connectivity index (χ4n) is 3.21. The normalized spacial score (nSPS) is 20.9. The lowest BCUT2D eigenvalue weighted by atomic mass is 10.1. The highest BCUT2D eigenvalue weighted by molar-refractivity contribution is 5.45. The van der Waals surface area contributed by atoms with Crippen molar-refractivity contribution in [2.24, 2.45) is 0 Å². The van der Waals surface area contributed by atoms with Crippen molar-refractivity contribution >= 4 is 11.8 Å². The Hall–Kier alpha value is -2.28. The second kappa shape index (κ2) is 6.45. The van der Waals surface area contributed by atoms with Gasteiger partial charge in [0.05, 0.1) is 5.69 Å². The van der Waals surface area contributed by atoms with E-state index < -0.39 is 0 Å². The number of hydrogen-bond donors (Lipinski definition) is 2. The van der Waals surface area contributed by atoms with Crippen LogP contribution in [0.15, 0.2) is 24.8 Å². The summed E-state index contributed by atoms with van der Waals surface area (Å²) in [6, 6.07) is 2.38. The molecule has 4 rings (SSSR count). The van der Waals surface area contributed by atoms with Crippen LogP contribution in [-0.2, 0) is 13.0 Å². The summed E-state index contributed by atoms with van der Waals surface area (Å²) in [6.07, 6.45) is 8.65. The van der Waals surface area contributed by atoms with E-state index in [2.05, 4.69) is 30.5 Å². The molecule has 2 aromatic rings. The quantitative estimate of drug-likeness (QED) is 0.875. The molecule has 23 heavy (non-hydrogen) atoms. The molecule has 1 fully saturated rings. The minimum absolute atomic E-state index is 0.412. The maximum absolute atomic E-state index is 4.70. The SMILES string of the molecule is c1cc(N2CCc3ncncc3C2)nc(NC2CCCNC2)n1. The Balaban J connectivity index is 1.48. The van der Waals surface area contributed by atoms with Crippen molar-refractivity contribution in [1.29, 1.82) is 0 Å². The lowest BCUT2D eigenvalue weighted by Gasteiger charge is -2.29. The Morgan fingerprint density at radius 3 is 3.22 bits per heavy atom. The van der Waals surface area contributed by atoms with E-state index in [1.54, 1.807) is 6.33 Å². The molecule has 0 saturated carbocycles. The molecular formula is C16H21N7. The Labute approximate surface area is 135 Å². The van der Waals surface area contributed by atoms with Crippen LogP contribution in [0.2, 0.25) is 0 Å². The van der Waals surface area contributed by atoms with Crippen molar-refractivity contribution in [3.63, 3.8) is 0 Å². The van der Waals surface area contributed by atoms with Crippen molar-refractivity contribution in [2.45, 2.75) is 31.8 Å². The van der Waals surface area contributed by atoms with Crippen LogP contribution in [0.3, 0.4) is 0 Å². The lowest BCUT2D eigenvalue weighted by molar-refractivity contribution is 0.478. The van der Waals surface area contributed by atoms with E-state index in [1.165, 1.54) is 12.0 Å². The topological polar surface area (TPSA) is 78.9 Å². The number of nitrogens with one attached hydrogen (secondary N) is 2. The third kappa shape index (κ3) is 3.24.